The molecule has 148 valence electrons. The molecule has 7 nitrogen and oxygen atoms in total. The van der Waals surface area contributed by atoms with Crippen LogP contribution in [-0.4, -0.2) is 27.3 Å². The van der Waals surface area contributed by atoms with Crippen molar-refractivity contribution in [3.8, 4) is 5.75 Å². The molecule has 0 aliphatic rings. The molecule has 0 spiro atoms. The van der Waals surface area contributed by atoms with Gasteiger partial charge in [0.25, 0.3) is 11.2 Å². The maximum absolute atomic E-state index is 11.2. The van der Waals surface area contributed by atoms with Crippen LogP contribution in [-0.2, 0) is 0 Å². The topological polar surface area (TPSA) is 98.1 Å². The SMILES string of the molecule is O=c1ccnc(SCCCOc2ccc(/C=C/c3ccc([N+](=O)[O-])cc3)cc2)[nH]1. The van der Waals surface area contributed by atoms with E-state index in [1.807, 2.05) is 36.4 Å². The van der Waals surface area contributed by atoms with Crippen LogP contribution in [0.25, 0.3) is 12.2 Å². The number of nitro groups is 1. The fourth-order valence-corrected chi connectivity index (χ4v) is 3.18. The van der Waals surface area contributed by atoms with E-state index in [1.54, 1.807) is 12.1 Å². The molecule has 0 atom stereocenters. The molecule has 0 unspecified atom stereocenters. The van der Waals surface area contributed by atoms with E-state index in [2.05, 4.69) is 9.97 Å². The number of nitrogens with one attached hydrogen (secondary N) is 1. The van der Waals surface area contributed by atoms with Gasteiger partial charge in [-0.2, -0.15) is 0 Å². The standard InChI is InChI=1S/C21H19N3O4S/c25-20-12-13-22-21(23-20)29-15-1-14-28-19-10-6-17(7-11-19)3-2-16-4-8-18(9-5-16)24(26)27/h2-13H,1,14-15H2,(H,22,23,25)/b3-2+. The molecular weight excluding hydrogens is 390 g/mol. The first-order valence-electron chi connectivity index (χ1n) is 8.94. The minimum Gasteiger partial charge on any atom is -0.494 e. The maximum atomic E-state index is 11.2. The molecule has 1 N–H and O–H groups in total. The number of hydrogen-bond acceptors (Lipinski definition) is 6. The van der Waals surface area contributed by atoms with Crippen molar-refractivity contribution in [3.05, 3.63) is 92.4 Å². The normalized spacial score (nSPS) is 10.9. The summed E-state index contributed by atoms with van der Waals surface area (Å²) in [5.74, 6) is 1.58. The van der Waals surface area contributed by atoms with Gasteiger partial charge < -0.3 is 9.72 Å². The molecule has 3 rings (SSSR count). The number of hydrogen-bond donors (Lipinski definition) is 1. The molecule has 0 amide bonds. The van der Waals surface area contributed by atoms with Gasteiger partial charge in [0, 0.05) is 30.1 Å². The van der Waals surface area contributed by atoms with E-state index < -0.39 is 4.92 Å². The van der Waals surface area contributed by atoms with Gasteiger partial charge in [-0.1, -0.05) is 36.0 Å². The van der Waals surface area contributed by atoms with Gasteiger partial charge in [0.1, 0.15) is 5.75 Å². The van der Waals surface area contributed by atoms with E-state index >= 15 is 0 Å². The average molecular weight is 409 g/mol. The lowest BCUT2D eigenvalue weighted by molar-refractivity contribution is -0.384. The quantitative estimate of drug-likeness (QED) is 0.140. The Kier molecular flexibility index (Phi) is 7.18. The number of non-ortho nitro benzene ring substituents is 1. The molecule has 0 bridgehead atoms. The Labute approximate surface area is 171 Å². The van der Waals surface area contributed by atoms with Crippen LogP contribution in [0.3, 0.4) is 0 Å². The lowest BCUT2D eigenvalue weighted by Crippen LogP contribution is -2.06. The lowest BCUT2D eigenvalue weighted by atomic mass is 10.1. The average Bonchev–Trinajstić information content (AvgIpc) is 2.73. The zero-order chi connectivity index (χ0) is 20.5. The minimum absolute atomic E-state index is 0.0790. The highest BCUT2D eigenvalue weighted by Gasteiger charge is 2.02. The van der Waals surface area contributed by atoms with Gasteiger partial charge in [-0.05, 0) is 41.8 Å². The van der Waals surface area contributed by atoms with Crippen molar-refractivity contribution in [2.24, 2.45) is 0 Å². The molecular formula is C21H19N3O4S. The van der Waals surface area contributed by atoms with Crippen molar-refractivity contribution < 1.29 is 9.66 Å². The van der Waals surface area contributed by atoms with Crippen LogP contribution < -0.4 is 10.3 Å². The smallest absolute Gasteiger partial charge is 0.269 e. The Bertz CT molecular complexity index is 1030. The molecule has 0 radical (unpaired) electrons. The van der Waals surface area contributed by atoms with Crippen LogP contribution in [0.1, 0.15) is 17.5 Å². The number of thioether (sulfide) groups is 1. The zero-order valence-electron chi connectivity index (χ0n) is 15.5. The number of rotatable bonds is 9. The molecule has 0 saturated heterocycles. The van der Waals surface area contributed by atoms with E-state index in [0.717, 1.165) is 29.1 Å². The number of nitro benzene ring substituents is 1. The Morgan fingerprint density at radius 2 is 1.69 bits per heavy atom. The number of benzene rings is 2. The maximum Gasteiger partial charge on any atom is 0.269 e. The van der Waals surface area contributed by atoms with Gasteiger partial charge in [-0.3, -0.25) is 14.9 Å². The number of aromatic amines is 1. The van der Waals surface area contributed by atoms with E-state index in [9.17, 15) is 14.9 Å². The van der Waals surface area contributed by atoms with Crippen molar-refractivity contribution in [2.45, 2.75) is 11.6 Å². The minimum atomic E-state index is -0.412. The zero-order valence-corrected chi connectivity index (χ0v) is 16.3. The Hall–Kier alpha value is -3.39. The Morgan fingerprint density at radius 1 is 1.03 bits per heavy atom. The van der Waals surface area contributed by atoms with Crippen LogP contribution in [0.5, 0.6) is 5.75 Å². The third-order valence-electron chi connectivity index (χ3n) is 3.90. The first-order valence-corrected chi connectivity index (χ1v) is 9.92. The van der Waals surface area contributed by atoms with E-state index in [4.69, 9.17) is 4.74 Å². The monoisotopic (exact) mass is 409 g/mol. The van der Waals surface area contributed by atoms with Gasteiger partial charge in [0.05, 0.1) is 11.5 Å². The molecule has 0 fully saturated rings. The van der Waals surface area contributed by atoms with Crippen LogP contribution in [0.2, 0.25) is 0 Å². The molecule has 0 saturated carbocycles. The summed E-state index contributed by atoms with van der Waals surface area (Å²) in [6.45, 7) is 0.571. The molecule has 1 aromatic heterocycles. The van der Waals surface area contributed by atoms with Crippen molar-refractivity contribution in [3.63, 3.8) is 0 Å². The molecule has 0 aliphatic carbocycles. The second-order valence-electron chi connectivity index (χ2n) is 6.04. The summed E-state index contributed by atoms with van der Waals surface area (Å²) in [7, 11) is 0. The van der Waals surface area contributed by atoms with E-state index in [-0.39, 0.29) is 11.2 Å². The van der Waals surface area contributed by atoms with Gasteiger partial charge in [-0.25, -0.2) is 4.98 Å². The summed E-state index contributed by atoms with van der Waals surface area (Å²) in [5, 5.41) is 11.3. The third kappa shape index (κ3) is 6.62. The molecule has 29 heavy (non-hydrogen) atoms. The van der Waals surface area contributed by atoms with Gasteiger partial charge in [0.2, 0.25) is 0 Å². The van der Waals surface area contributed by atoms with E-state index in [1.165, 1.54) is 36.2 Å². The number of H-pyrrole nitrogens is 1. The Balaban J connectivity index is 1.42. The highest BCUT2D eigenvalue weighted by atomic mass is 32.2. The summed E-state index contributed by atoms with van der Waals surface area (Å²) >= 11 is 1.49. The molecule has 8 heteroatoms. The first-order chi connectivity index (χ1) is 14.1. The van der Waals surface area contributed by atoms with E-state index in [0.29, 0.717) is 11.8 Å². The summed E-state index contributed by atoms with van der Waals surface area (Å²) in [6, 6.07) is 15.5. The second kappa shape index (κ2) is 10.2. The van der Waals surface area contributed by atoms with Crippen LogP contribution in [0.4, 0.5) is 5.69 Å². The predicted molar refractivity (Wildman–Crippen MR) is 114 cm³/mol. The van der Waals surface area contributed by atoms with Crippen molar-refractivity contribution >= 4 is 29.6 Å². The van der Waals surface area contributed by atoms with Crippen LogP contribution in [0.15, 0.2) is 70.7 Å². The molecule has 2 aromatic carbocycles. The molecule has 0 aliphatic heterocycles. The number of ether oxygens (including phenoxy) is 1. The highest BCUT2D eigenvalue weighted by molar-refractivity contribution is 7.99. The van der Waals surface area contributed by atoms with Gasteiger partial charge in [0.15, 0.2) is 5.16 Å². The highest BCUT2D eigenvalue weighted by Crippen LogP contribution is 2.17. The summed E-state index contributed by atoms with van der Waals surface area (Å²) in [5.41, 5.74) is 1.82. The van der Waals surface area contributed by atoms with Crippen LogP contribution >= 0.6 is 11.8 Å². The Morgan fingerprint density at radius 3 is 2.31 bits per heavy atom. The summed E-state index contributed by atoms with van der Waals surface area (Å²) in [6.07, 6.45) is 6.16. The van der Waals surface area contributed by atoms with Crippen LogP contribution in [0, 0.1) is 10.1 Å². The fraction of sp³-hybridized carbons (Fsp3) is 0.143. The molecule has 1 heterocycles. The summed E-state index contributed by atoms with van der Waals surface area (Å²) in [4.78, 5) is 28.2. The fourth-order valence-electron chi connectivity index (χ4n) is 2.42. The second-order valence-corrected chi connectivity index (χ2v) is 7.12. The van der Waals surface area contributed by atoms with Gasteiger partial charge in [-0.15, -0.1) is 0 Å². The lowest BCUT2D eigenvalue weighted by Gasteiger charge is -2.06. The van der Waals surface area contributed by atoms with Crippen molar-refractivity contribution in [1.82, 2.24) is 9.97 Å². The number of aromatic nitrogens is 2. The largest absolute Gasteiger partial charge is 0.494 e. The van der Waals surface area contributed by atoms with Crippen molar-refractivity contribution in [2.75, 3.05) is 12.4 Å². The summed E-state index contributed by atoms with van der Waals surface area (Å²) < 4.78 is 5.73. The predicted octanol–water partition coefficient (Wildman–Crippen LogP) is 4.41. The van der Waals surface area contributed by atoms with Crippen molar-refractivity contribution in [1.29, 1.82) is 0 Å². The van der Waals surface area contributed by atoms with Gasteiger partial charge >= 0.3 is 0 Å². The first kappa shape index (κ1) is 20.3. The number of nitrogens with zero attached hydrogens (tertiary/aromatic N) is 2. The third-order valence-corrected chi connectivity index (χ3v) is 4.87. The molecule has 3 aromatic rings.